The minimum absolute atomic E-state index is 0.186. The molecule has 4 aliphatic carbocycles. The topological polar surface area (TPSA) is 23.8 Å². The molecule has 3 saturated carbocycles. The van der Waals surface area contributed by atoms with E-state index in [-0.39, 0.29) is 16.7 Å². The number of alkyl halides is 1. The van der Waals surface area contributed by atoms with Gasteiger partial charge in [-0.3, -0.25) is 0 Å². The second-order valence-electron chi connectivity index (χ2n) is 9.71. The van der Waals surface area contributed by atoms with Crippen molar-refractivity contribution in [3.8, 4) is 6.07 Å². The molecule has 0 saturated heterocycles. The molecule has 136 valence electrons. The monoisotopic (exact) mass is 341 g/mol. The van der Waals surface area contributed by atoms with Gasteiger partial charge in [0.25, 0.3) is 0 Å². The van der Waals surface area contributed by atoms with Gasteiger partial charge in [0, 0.05) is 11.8 Å². The summed E-state index contributed by atoms with van der Waals surface area (Å²) in [5.74, 6) is 1.88. The number of hydrogen-bond donors (Lipinski definition) is 0. The zero-order valence-electron chi connectivity index (χ0n) is 16.0. The van der Waals surface area contributed by atoms with Crippen molar-refractivity contribution in [3.63, 3.8) is 0 Å². The smallest absolute Gasteiger partial charge is 0.126 e. The second-order valence-corrected chi connectivity index (χ2v) is 9.71. The van der Waals surface area contributed by atoms with E-state index in [2.05, 4.69) is 45.1 Å². The molecule has 2 heteroatoms. The maximum atomic E-state index is 16.7. The number of rotatable bonds is 2. The van der Waals surface area contributed by atoms with Crippen LogP contribution in [0.15, 0.2) is 23.8 Å². The fourth-order valence-electron chi connectivity index (χ4n) is 7.53. The van der Waals surface area contributed by atoms with Crippen LogP contribution in [0.5, 0.6) is 0 Å². The summed E-state index contributed by atoms with van der Waals surface area (Å²) in [4.78, 5) is 0. The SMILES string of the molecule is C[C@H]1C[C@H]2[C@@H]3CCC4=CCC=C[C@]4(C)[C@@]3(F)CC[C@]2(C)[C@H]1CCC#N. The first-order valence-electron chi connectivity index (χ1n) is 10.3. The number of hydrogen-bond acceptors (Lipinski definition) is 1. The van der Waals surface area contributed by atoms with Gasteiger partial charge < -0.3 is 0 Å². The standard InChI is InChI=1S/C23H32FN/c1-16-15-20-19-10-9-17-7-4-5-11-22(17,3)23(19,24)13-12-21(20,2)18(16)8-6-14-25/h5,7,11,16,18-20H,4,6,8-10,12-13,15H2,1-3H3/t16-,18-,19-,20-,21+,22-,23+/m0/s1. The fourth-order valence-corrected chi connectivity index (χ4v) is 7.53. The Labute approximate surface area is 152 Å². The predicted molar refractivity (Wildman–Crippen MR) is 99.5 cm³/mol. The van der Waals surface area contributed by atoms with E-state index in [1.54, 1.807) is 0 Å². The van der Waals surface area contributed by atoms with E-state index >= 15 is 4.39 Å². The van der Waals surface area contributed by atoms with Crippen LogP contribution in [0.2, 0.25) is 0 Å². The van der Waals surface area contributed by atoms with Crippen LogP contribution in [-0.4, -0.2) is 5.67 Å². The lowest BCUT2D eigenvalue weighted by molar-refractivity contribution is -0.126. The minimum atomic E-state index is -1.08. The van der Waals surface area contributed by atoms with Crippen LogP contribution in [-0.2, 0) is 0 Å². The summed E-state index contributed by atoms with van der Waals surface area (Å²) in [6, 6.07) is 2.34. The number of nitriles is 1. The van der Waals surface area contributed by atoms with Crippen LogP contribution in [0.4, 0.5) is 4.39 Å². The Hall–Kier alpha value is -1.10. The Morgan fingerprint density at radius 1 is 1.28 bits per heavy atom. The van der Waals surface area contributed by atoms with Gasteiger partial charge in [0.1, 0.15) is 5.67 Å². The van der Waals surface area contributed by atoms with Crippen molar-refractivity contribution in [1.82, 2.24) is 0 Å². The second kappa shape index (κ2) is 5.70. The zero-order valence-corrected chi connectivity index (χ0v) is 16.0. The van der Waals surface area contributed by atoms with Gasteiger partial charge in [-0.25, -0.2) is 4.39 Å². The van der Waals surface area contributed by atoms with Gasteiger partial charge in [0.2, 0.25) is 0 Å². The molecule has 0 aromatic carbocycles. The number of nitrogens with zero attached hydrogens (tertiary/aromatic N) is 1. The Kier molecular flexibility index (Phi) is 3.95. The Morgan fingerprint density at radius 3 is 2.84 bits per heavy atom. The van der Waals surface area contributed by atoms with Gasteiger partial charge in [-0.05, 0) is 81.0 Å². The van der Waals surface area contributed by atoms with Crippen LogP contribution in [0, 0.1) is 45.8 Å². The third-order valence-electron chi connectivity index (χ3n) is 8.88. The molecule has 25 heavy (non-hydrogen) atoms. The van der Waals surface area contributed by atoms with Crippen LogP contribution >= 0.6 is 0 Å². The van der Waals surface area contributed by atoms with Crippen molar-refractivity contribution in [1.29, 1.82) is 5.26 Å². The highest BCUT2D eigenvalue weighted by atomic mass is 19.1. The first-order chi connectivity index (χ1) is 11.9. The number of halogens is 1. The lowest BCUT2D eigenvalue weighted by atomic mass is 9.46. The van der Waals surface area contributed by atoms with Gasteiger partial charge in [0.05, 0.1) is 6.07 Å². The van der Waals surface area contributed by atoms with Crippen LogP contribution in [0.1, 0.15) is 72.1 Å². The van der Waals surface area contributed by atoms with E-state index in [9.17, 15) is 0 Å². The predicted octanol–water partition coefficient (Wildman–Crippen LogP) is 6.37. The molecule has 0 aromatic heterocycles. The molecular formula is C23H32FN. The molecule has 0 heterocycles. The summed E-state index contributed by atoms with van der Waals surface area (Å²) in [7, 11) is 0. The molecule has 1 nitrogen and oxygen atoms in total. The zero-order chi connectivity index (χ0) is 17.9. The molecular weight excluding hydrogens is 309 g/mol. The van der Waals surface area contributed by atoms with Crippen LogP contribution < -0.4 is 0 Å². The van der Waals surface area contributed by atoms with Crippen molar-refractivity contribution < 1.29 is 4.39 Å². The molecule has 0 spiro atoms. The first-order valence-corrected chi connectivity index (χ1v) is 10.3. The van der Waals surface area contributed by atoms with Gasteiger partial charge in [-0.15, -0.1) is 0 Å². The molecule has 4 rings (SSSR count). The molecule has 0 N–H and O–H groups in total. The van der Waals surface area contributed by atoms with E-state index in [1.165, 1.54) is 5.57 Å². The Bertz CT molecular complexity index is 657. The maximum absolute atomic E-state index is 16.7. The largest absolute Gasteiger partial charge is 0.242 e. The fraction of sp³-hybridized carbons (Fsp3) is 0.783. The summed E-state index contributed by atoms with van der Waals surface area (Å²) in [5, 5.41) is 9.06. The lowest BCUT2D eigenvalue weighted by Gasteiger charge is -2.60. The van der Waals surface area contributed by atoms with Gasteiger partial charge in [0.15, 0.2) is 0 Å². The molecule has 0 amide bonds. The minimum Gasteiger partial charge on any atom is -0.242 e. The highest BCUT2D eigenvalue weighted by Crippen LogP contribution is 2.70. The van der Waals surface area contributed by atoms with E-state index in [0.29, 0.717) is 30.6 Å². The normalized spacial score (nSPS) is 51.1. The van der Waals surface area contributed by atoms with Crippen LogP contribution in [0.3, 0.4) is 0 Å². The van der Waals surface area contributed by atoms with E-state index in [0.717, 1.165) is 38.5 Å². The highest BCUT2D eigenvalue weighted by molar-refractivity contribution is 5.36. The molecule has 0 aromatic rings. The molecule has 3 fully saturated rings. The lowest BCUT2D eigenvalue weighted by Crippen LogP contribution is -2.59. The average molecular weight is 342 g/mol. The third kappa shape index (κ3) is 2.17. The van der Waals surface area contributed by atoms with Crippen LogP contribution in [0.25, 0.3) is 0 Å². The van der Waals surface area contributed by atoms with Gasteiger partial charge in [-0.2, -0.15) is 5.26 Å². The maximum Gasteiger partial charge on any atom is 0.126 e. The van der Waals surface area contributed by atoms with E-state index in [4.69, 9.17) is 5.26 Å². The summed E-state index contributed by atoms with van der Waals surface area (Å²) in [6.45, 7) is 6.93. The van der Waals surface area contributed by atoms with Crippen molar-refractivity contribution >= 4 is 0 Å². The summed E-state index contributed by atoms with van der Waals surface area (Å²) in [5.41, 5.74) is 0.113. The Morgan fingerprint density at radius 2 is 2.08 bits per heavy atom. The molecule has 0 unspecified atom stereocenters. The summed E-state index contributed by atoms with van der Waals surface area (Å²) < 4.78 is 16.7. The number of fused-ring (bicyclic) bond motifs is 5. The molecule has 0 radical (unpaired) electrons. The van der Waals surface area contributed by atoms with E-state index < -0.39 is 5.67 Å². The quantitative estimate of drug-likeness (QED) is 0.535. The molecule has 0 bridgehead atoms. The molecule has 4 aliphatic rings. The van der Waals surface area contributed by atoms with E-state index in [1.807, 2.05) is 0 Å². The summed E-state index contributed by atoms with van der Waals surface area (Å²) in [6.07, 6.45) is 14.2. The number of allylic oxidation sites excluding steroid dienone is 4. The van der Waals surface area contributed by atoms with Gasteiger partial charge >= 0.3 is 0 Å². The third-order valence-corrected chi connectivity index (χ3v) is 8.88. The van der Waals surface area contributed by atoms with Crippen molar-refractivity contribution in [2.24, 2.45) is 34.5 Å². The Balaban J connectivity index is 1.70. The molecule has 0 aliphatic heterocycles. The van der Waals surface area contributed by atoms with Crippen molar-refractivity contribution in [3.05, 3.63) is 23.8 Å². The van der Waals surface area contributed by atoms with Gasteiger partial charge in [-0.1, -0.05) is 37.6 Å². The molecule has 7 atom stereocenters. The highest BCUT2D eigenvalue weighted by Gasteiger charge is 2.66. The van der Waals surface area contributed by atoms with Crippen molar-refractivity contribution in [2.45, 2.75) is 77.8 Å². The first kappa shape index (κ1) is 17.3. The summed E-state index contributed by atoms with van der Waals surface area (Å²) >= 11 is 0. The average Bonchev–Trinajstić information content (AvgIpc) is 2.84. The van der Waals surface area contributed by atoms with Crippen molar-refractivity contribution in [2.75, 3.05) is 0 Å².